The van der Waals surface area contributed by atoms with Crippen molar-refractivity contribution in [1.29, 1.82) is 0 Å². The molecule has 0 aliphatic heterocycles. The fraction of sp³-hybridized carbons (Fsp3) is 0.200. The van der Waals surface area contributed by atoms with Crippen LogP contribution in [0.4, 0.5) is 0 Å². The molecule has 2 rings (SSSR count). The maximum Gasteiger partial charge on any atom is 0.355 e. The molecule has 0 atom stereocenters. The molecule has 0 radical (unpaired) electrons. The van der Waals surface area contributed by atoms with Crippen LogP contribution in [0.2, 0.25) is 0 Å². The van der Waals surface area contributed by atoms with Crippen molar-refractivity contribution in [3.05, 3.63) is 65.4 Å². The van der Waals surface area contributed by atoms with Crippen LogP contribution in [0.5, 0.6) is 11.5 Å². The van der Waals surface area contributed by atoms with Crippen molar-refractivity contribution >= 4 is 18.0 Å². The Morgan fingerprint density at radius 2 is 1.77 bits per heavy atom. The Balaban J connectivity index is 2.17. The normalized spacial score (nSPS) is 10.8. The van der Waals surface area contributed by atoms with E-state index in [0.717, 1.165) is 5.56 Å². The molecule has 0 aliphatic carbocycles. The SMILES string of the molecule is COc1ccc(OC)c(COC(=O)/C(=C/c2ccccc2)NC(C)=O)c1. The molecule has 6 nitrogen and oxygen atoms in total. The van der Waals surface area contributed by atoms with E-state index in [2.05, 4.69) is 5.32 Å². The summed E-state index contributed by atoms with van der Waals surface area (Å²) < 4.78 is 15.8. The van der Waals surface area contributed by atoms with E-state index in [1.54, 1.807) is 31.4 Å². The molecule has 6 heteroatoms. The van der Waals surface area contributed by atoms with Crippen LogP contribution >= 0.6 is 0 Å². The third kappa shape index (κ3) is 5.37. The molecule has 0 aromatic heterocycles. The number of rotatable bonds is 7. The van der Waals surface area contributed by atoms with E-state index in [0.29, 0.717) is 17.1 Å². The van der Waals surface area contributed by atoms with Crippen molar-refractivity contribution in [2.24, 2.45) is 0 Å². The van der Waals surface area contributed by atoms with Crippen molar-refractivity contribution in [3.8, 4) is 11.5 Å². The average Bonchev–Trinajstić information content (AvgIpc) is 2.65. The van der Waals surface area contributed by atoms with Gasteiger partial charge < -0.3 is 19.5 Å². The first-order valence-corrected chi connectivity index (χ1v) is 7.96. The number of amides is 1. The van der Waals surface area contributed by atoms with E-state index in [9.17, 15) is 9.59 Å². The Hall–Kier alpha value is -3.28. The zero-order valence-electron chi connectivity index (χ0n) is 14.9. The topological polar surface area (TPSA) is 73.9 Å². The summed E-state index contributed by atoms with van der Waals surface area (Å²) in [4.78, 5) is 23.8. The summed E-state index contributed by atoms with van der Waals surface area (Å²) in [5.74, 6) is 0.197. The molecule has 2 aromatic carbocycles. The van der Waals surface area contributed by atoms with E-state index in [1.165, 1.54) is 14.0 Å². The molecule has 136 valence electrons. The molecule has 0 heterocycles. The molecule has 0 saturated carbocycles. The second-order valence-electron chi connectivity index (χ2n) is 5.40. The van der Waals surface area contributed by atoms with Crippen LogP contribution in [0.1, 0.15) is 18.1 Å². The average molecular weight is 355 g/mol. The Morgan fingerprint density at radius 1 is 1.04 bits per heavy atom. The van der Waals surface area contributed by atoms with Gasteiger partial charge in [-0.25, -0.2) is 4.79 Å². The molecule has 0 bridgehead atoms. The summed E-state index contributed by atoms with van der Waals surface area (Å²) in [7, 11) is 3.08. The summed E-state index contributed by atoms with van der Waals surface area (Å²) in [5.41, 5.74) is 1.49. The Kier molecular flexibility index (Phi) is 6.79. The predicted molar refractivity (Wildman–Crippen MR) is 97.6 cm³/mol. The Morgan fingerprint density at radius 3 is 2.38 bits per heavy atom. The minimum Gasteiger partial charge on any atom is -0.497 e. The van der Waals surface area contributed by atoms with Gasteiger partial charge in [-0.1, -0.05) is 30.3 Å². The van der Waals surface area contributed by atoms with Gasteiger partial charge in [-0.3, -0.25) is 4.79 Å². The van der Waals surface area contributed by atoms with Gasteiger partial charge in [0.2, 0.25) is 5.91 Å². The molecule has 0 saturated heterocycles. The third-order valence-corrected chi connectivity index (χ3v) is 3.49. The van der Waals surface area contributed by atoms with Crippen molar-refractivity contribution in [3.63, 3.8) is 0 Å². The first-order chi connectivity index (χ1) is 12.5. The highest BCUT2D eigenvalue weighted by Gasteiger charge is 2.15. The molecule has 0 spiro atoms. The van der Waals surface area contributed by atoms with Crippen LogP contribution in [-0.4, -0.2) is 26.1 Å². The minimum atomic E-state index is -0.645. The van der Waals surface area contributed by atoms with Gasteiger partial charge in [-0.2, -0.15) is 0 Å². The molecule has 2 aromatic rings. The van der Waals surface area contributed by atoms with Crippen molar-refractivity contribution in [1.82, 2.24) is 5.32 Å². The summed E-state index contributed by atoms with van der Waals surface area (Å²) in [5, 5.41) is 2.51. The zero-order valence-corrected chi connectivity index (χ0v) is 14.9. The number of carbonyl (C=O) groups excluding carboxylic acids is 2. The lowest BCUT2D eigenvalue weighted by Crippen LogP contribution is -2.26. The van der Waals surface area contributed by atoms with Gasteiger partial charge in [0.1, 0.15) is 23.8 Å². The Bertz CT molecular complexity index is 799. The van der Waals surface area contributed by atoms with Gasteiger partial charge in [0.25, 0.3) is 0 Å². The lowest BCUT2D eigenvalue weighted by Gasteiger charge is -2.12. The molecular weight excluding hydrogens is 334 g/mol. The van der Waals surface area contributed by atoms with Gasteiger partial charge in [-0.15, -0.1) is 0 Å². The standard InChI is InChI=1S/C20H21NO5/c1-14(22)21-18(11-15-7-5-4-6-8-15)20(23)26-13-16-12-17(24-2)9-10-19(16)25-3/h4-12H,13H2,1-3H3,(H,21,22)/b18-11-. The number of benzene rings is 2. The largest absolute Gasteiger partial charge is 0.497 e. The highest BCUT2D eigenvalue weighted by Crippen LogP contribution is 2.24. The third-order valence-electron chi connectivity index (χ3n) is 3.49. The number of methoxy groups -OCH3 is 2. The van der Waals surface area contributed by atoms with Crippen molar-refractivity contribution in [2.45, 2.75) is 13.5 Å². The van der Waals surface area contributed by atoms with E-state index in [1.807, 2.05) is 30.3 Å². The molecule has 1 N–H and O–H groups in total. The molecular formula is C20H21NO5. The predicted octanol–water partition coefficient (Wildman–Crippen LogP) is 2.92. The maximum atomic E-state index is 12.4. The number of carbonyl (C=O) groups is 2. The number of esters is 1. The van der Waals surface area contributed by atoms with E-state index in [-0.39, 0.29) is 18.2 Å². The van der Waals surface area contributed by atoms with Crippen LogP contribution in [0.15, 0.2) is 54.2 Å². The molecule has 26 heavy (non-hydrogen) atoms. The lowest BCUT2D eigenvalue weighted by molar-refractivity contribution is -0.141. The van der Waals surface area contributed by atoms with Gasteiger partial charge in [0.05, 0.1) is 14.2 Å². The van der Waals surface area contributed by atoms with Crippen LogP contribution in [-0.2, 0) is 20.9 Å². The number of hydrogen-bond donors (Lipinski definition) is 1. The zero-order chi connectivity index (χ0) is 18.9. The first-order valence-electron chi connectivity index (χ1n) is 7.96. The second kappa shape index (κ2) is 9.27. The van der Waals surface area contributed by atoms with Crippen molar-refractivity contribution < 1.29 is 23.8 Å². The lowest BCUT2D eigenvalue weighted by atomic mass is 10.2. The summed E-state index contributed by atoms with van der Waals surface area (Å²) in [6.45, 7) is 1.31. The Labute approximate surface area is 152 Å². The van der Waals surface area contributed by atoms with Crippen LogP contribution in [0.25, 0.3) is 6.08 Å². The van der Waals surface area contributed by atoms with E-state index < -0.39 is 5.97 Å². The van der Waals surface area contributed by atoms with Gasteiger partial charge in [0, 0.05) is 12.5 Å². The fourth-order valence-corrected chi connectivity index (χ4v) is 2.27. The van der Waals surface area contributed by atoms with Crippen LogP contribution in [0.3, 0.4) is 0 Å². The van der Waals surface area contributed by atoms with Gasteiger partial charge >= 0.3 is 5.97 Å². The van der Waals surface area contributed by atoms with E-state index in [4.69, 9.17) is 14.2 Å². The smallest absolute Gasteiger partial charge is 0.355 e. The van der Waals surface area contributed by atoms with E-state index >= 15 is 0 Å². The number of hydrogen-bond acceptors (Lipinski definition) is 5. The minimum absolute atomic E-state index is 0.0229. The maximum absolute atomic E-state index is 12.4. The van der Waals surface area contributed by atoms with Crippen LogP contribution in [0, 0.1) is 0 Å². The number of ether oxygens (including phenoxy) is 3. The summed E-state index contributed by atoms with van der Waals surface area (Å²) in [6, 6.07) is 14.4. The second-order valence-corrected chi connectivity index (χ2v) is 5.40. The summed E-state index contributed by atoms with van der Waals surface area (Å²) >= 11 is 0. The molecule has 0 fully saturated rings. The van der Waals surface area contributed by atoms with Crippen molar-refractivity contribution in [2.75, 3.05) is 14.2 Å². The molecule has 0 unspecified atom stereocenters. The van der Waals surface area contributed by atoms with Crippen LogP contribution < -0.4 is 14.8 Å². The molecule has 1 amide bonds. The van der Waals surface area contributed by atoms with Gasteiger partial charge in [0.15, 0.2) is 0 Å². The highest BCUT2D eigenvalue weighted by molar-refractivity contribution is 5.97. The quantitative estimate of drug-likeness (QED) is 0.611. The van der Waals surface area contributed by atoms with Gasteiger partial charge in [-0.05, 0) is 29.8 Å². The highest BCUT2D eigenvalue weighted by atomic mass is 16.5. The number of nitrogens with one attached hydrogen (secondary N) is 1. The first kappa shape index (κ1) is 19.1. The monoisotopic (exact) mass is 355 g/mol. The fourth-order valence-electron chi connectivity index (χ4n) is 2.27. The summed E-state index contributed by atoms with van der Waals surface area (Å²) in [6.07, 6.45) is 1.56. The molecule has 0 aliphatic rings.